The Morgan fingerprint density at radius 3 is 2.71 bits per heavy atom. The quantitative estimate of drug-likeness (QED) is 0.752. The lowest BCUT2D eigenvalue weighted by molar-refractivity contribution is -0.144. The van der Waals surface area contributed by atoms with Crippen molar-refractivity contribution >= 4 is 23.3 Å². The first-order valence-corrected chi connectivity index (χ1v) is 7.95. The SMILES string of the molecule is CCc1cnc(C(C)NC(=O)NC(C)(C(=O)O)C2CC2)s1. The highest BCUT2D eigenvalue weighted by Crippen LogP contribution is 2.39. The Labute approximate surface area is 128 Å². The first-order valence-electron chi connectivity index (χ1n) is 7.13. The number of nitrogens with one attached hydrogen (secondary N) is 2. The van der Waals surface area contributed by atoms with Crippen LogP contribution in [-0.4, -0.2) is 27.6 Å². The van der Waals surface area contributed by atoms with E-state index in [4.69, 9.17) is 0 Å². The number of carboxylic acid groups (broad SMARTS) is 1. The van der Waals surface area contributed by atoms with Crippen molar-refractivity contribution in [2.75, 3.05) is 0 Å². The average Bonchev–Trinajstić information content (AvgIpc) is 3.16. The maximum absolute atomic E-state index is 12.0. The molecule has 2 atom stereocenters. The maximum Gasteiger partial charge on any atom is 0.329 e. The second-order valence-corrected chi connectivity index (χ2v) is 6.77. The summed E-state index contributed by atoms with van der Waals surface area (Å²) in [6.45, 7) is 5.46. The minimum absolute atomic E-state index is 0.0163. The summed E-state index contributed by atoms with van der Waals surface area (Å²) < 4.78 is 0. The van der Waals surface area contributed by atoms with Gasteiger partial charge in [-0.1, -0.05) is 6.92 Å². The van der Waals surface area contributed by atoms with Crippen LogP contribution >= 0.6 is 11.3 Å². The van der Waals surface area contributed by atoms with E-state index in [1.807, 2.05) is 13.1 Å². The molecule has 1 heterocycles. The van der Waals surface area contributed by atoms with E-state index < -0.39 is 17.5 Å². The topological polar surface area (TPSA) is 91.3 Å². The molecule has 116 valence electrons. The summed E-state index contributed by atoms with van der Waals surface area (Å²) in [4.78, 5) is 28.9. The normalized spacial score (nSPS) is 18.6. The second kappa shape index (κ2) is 6.01. The van der Waals surface area contributed by atoms with Gasteiger partial charge in [-0.05, 0) is 39.0 Å². The van der Waals surface area contributed by atoms with E-state index >= 15 is 0 Å². The second-order valence-electron chi connectivity index (χ2n) is 5.62. The predicted molar refractivity (Wildman–Crippen MR) is 80.3 cm³/mol. The third-order valence-corrected chi connectivity index (χ3v) is 5.17. The number of hydrogen-bond acceptors (Lipinski definition) is 4. The Morgan fingerprint density at radius 1 is 1.57 bits per heavy atom. The number of carbonyl (C=O) groups excluding carboxylic acids is 1. The average molecular weight is 311 g/mol. The molecule has 1 fully saturated rings. The number of amides is 2. The standard InChI is InChI=1S/C14H21N3O3S/c1-4-10-7-15-11(21-10)8(2)16-13(20)17-14(3,12(18)19)9-5-6-9/h7-9H,4-6H2,1-3H3,(H,18,19)(H2,16,17,20). The van der Waals surface area contributed by atoms with Crippen LogP contribution in [0, 0.1) is 5.92 Å². The Hall–Kier alpha value is -1.63. The number of aromatic nitrogens is 1. The van der Waals surface area contributed by atoms with Gasteiger partial charge in [0.25, 0.3) is 0 Å². The highest BCUT2D eigenvalue weighted by molar-refractivity contribution is 7.11. The third-order valence-electron chi connectivity index (χ3n) is 3.85. The van der Waals surface area contributed by atoms with Gasteiger partial charge >= 0.3 is 12.0 Å². The van der Waals surface area contributed by atoms with E-state index in [9.17, 15) is 14.7 Å². The summed E-state index contributed by atoms with van der Waals surface area (Å²) in [5.74, 6) is -0.974. The molecule has 0 spiro atoms. The molecule has 0 saturated heterocycles. The van der Waals surface area contributed by atoms with Gasteiger partial charge in [-0.15, -0.1) is 11.3 Å². The smallest absolute Gasteiger partial charge is 0.329 e. The highest BCUT2D eigenvalue weighted by Gasteiger charge is 2.48. The summed E-state index contributed by atoms with van der Waals surface area (Å²) in [5, 5.41) is 15.5. The summed E-state index contributed by atoms with van der Waals surface area (Å²) in [5.41, 5.74) is -1.19. The van der Waals surface area contributed by atoms with Crippen LogP contribution in [0.25, 0.3) is 0 Å². The zero-order valence-electron chi connectivity index (χ0n) is 12.5. The maximum atomic E-state index is 12.0. The van der Waals surface area contributed by atoms with Crippen molar-refractivity contribution in [3.8, 4) is 0 Å². The lowest BCUT2D eigenvalue weighted by Crippen LogP contribution is -2.56. The van der Waals surface area contributed by atoms with Crippen LogP contribution in [0.2, 0.25) is 0 Å². The lowest BCUT2D eigenvalue weighted by Gasteiger charge is -2.27. The number of hydrogen-bond donors (Lipinski definition) is 3. The van der Waals surface area contributed by atoms with E-state index in [1.54, 1.807) is 18.3 Å². The van der Waals surface area contributed by atoms with Crippen molar-refractivity contribution in [1.29, 1.82) is 0 Å². The Bertz CT molecular complexity index is 541. The first-order chi connectivity index (χ1) is 9.86. The molecule has 0 aliphatic heterocycles. The number of urea groups is 1. The van der Waals surface area contributed by atoms with Crippen molar-refractivity contribution in [2.24, 2.45) is 5.92 Å². The summed E-state index contributed by atoms with van der Waals surface area (Å²) >= 11 is 1.56. The molecule has 1 aliphatic rings. The number of carbonyl (C=O) groups is 2. The van der Waals surface area contributed by atoms with Crippen molar-refractivity contribution in [3.63, 3.8) is 0 Å². The molecule has 2 amide bonds. The van der Waals surface area contributed by atoms with Gasteiger partial charge in [0.05, 0.1) is 6.04 Å². The number of carboxylic acids is 1. The fraction of sp³-hybridized carbons (Fsp3) is 0.643. The van der Waals surface area contributed by atoms with Crippen LogP contribution in [0.3, 0.4) is 0 Å². The number of aliphatic carboxylic acids is 1. The van der Waals surface area contributed by atoms with Crippen molar-refractivity contribution < 1.29 is 14.7 Å². The van der Waals surface area contributed by atoms with Gasteiger partial charge < -0.3 is 15.7 Å². The van der Waals surface area contributed by atoms with E-state index in [2.05, 4.69) is 22.5 Å². The largest absolute Gasteiger partial charge is 0.480 e. The van der Waals surface area contributed by atoms with Crippen molar-refractivity contribution in [3.05, 3.63) is 16.1 Å². The summed E-state index contributed by atoms with van der Waals surface area (Å²) in [7, 11) is 0. The molecule has 0 radical (unpaired) electrons. The van der Waals surface area contributed by atoms with Gasteiger partial charge in [-0.3, -0.25) is 0 Å². The molecule has 2 unspecified atom stereocenters. The van der Waals surface area contributed by atoms with Gasteiger partial charge in [-0.25, -0.2) is 14.6 Å². The molecule has 3 N–H and O–H groups in total. The molecule has 1 aromatic rings. The van der Waals surface area contributed by atoms with Crippen LogP contribution in [0.15, 0.2) is 6.20 Å². The molecule has 21 heavy (non-hydrogen) atoms. The van der Waals surface area contributed by atoms with E-state index in [0.717, 1.165) is 29.1 Å². The molecule has 7 heteroatoms. The summed E-state index contributed by atoms with van der Waals surface area (Å²) in [6, 6.07) is -0.708. The van der Waals surface area contributed by atoms with Gasteiger partial charge in [0.2, 0.25) is 0 Å². The van der Waals surface area contributed by atoms with Crippen LogP contribution in [-0.2, 0) is 11.2 Å². The minimum Gasteiger partial charge on any atom is -0.480 e. The third kappa shape index (κ3) is 3.53. The van der Waals surface area contributed by atoms with Crippen molar-refractivity contribution in [1.82, 2.24) is 15.6 Å². The van der Waals surface area contributed by atoms with Crippen LogP contribution in [0.4, 0.5) is 4.79 Å². The van der Waals surface area contributed by atoms with Crippen LogP contribution < -0.4 is 10.6 Å². The van der Waals surface area contributed by atoms with E-state index in [-0.39, 0.29) is 12.0 Å². The molecule has 1 aliphatic carbocycles. The molecule has 1 aromatic heterocycles. The van der Waals surface area contributed by atoms with Crippen LogP contribution in [0.5, 0.6) is 0 Å². The molecule has 6 nitrogen and oxygen atoms in total. The van der Waals surface area contributed by atoms with Crippen LogP contribution in [0.1, 0.15) is 49.5 Å². The first kappa shape index (κ1) is 15.8. The zero-order valence-corrected chi connectivity index (χ0v) is 13.3. The zero-order chi connectivity index (χ0) is 15.6. The van der Waals surface area contributed by atoms with Gasteiger partial charge in [0.15, 0.2) is 0 Å². The highest BCUT2D eigenvalue weighted by atomic mass is 32.1. The molecule has 1 saturated carbocycles. The Morgan fingerprint density at radius 2 is 2.24 bits per heavy atom. The molecule has 2 rings (SSSR count). The fourth-order valence-corrected chi connectivity index (χ4v) is 3.07. The molecular formula is C14H21N3O3S. The van der Waals surface area contributed by atoms with E-state index in [0.29, 0.717) is 0 Å². The molecule has 0 bridgehead atoms. The molecular weight excluding hydrogens is 290 g/mol. The predicted octanol–water partition coefficient (Wildman–Crippen LogP) is 2.32. The van der Waals surface area contributed by atoms with Gasteiger partial charge in [0, 0.05) is 11.1 Å². The number of thiazole rings is 1. The molecule has 0 aromatic carbocycles. The number of nitrogens with zero attached hydrogens (tertiary/aromatic N) is 1. The van der Waals surface area contributed by atoms with Crippen molar-refractivity contribution in [2.45, 2.75) is 51.6 Å². The fourth-order valence-electron chi connectivity index (χ4n) is 2.21. The Kier molecular flexibility index (Phi) is 4.51. The van der Waals surface area contributed by atoms with E-state index in [1.165, 1.54) is 0 Å². The number of aryl methyl sites for hydroxylation is 1. The Balaban J connectivity index is 1.96. The summed E-state index contributed by atoms with van der Waals surface area (Å²) in [6.07, 6.45) is 4.40. The number of rotatable bonds is 6. The minimum atomic E-state index is -1.19. The lowest BCUT2D eigenvalue weighted by atomic mass is 9.96. The van der Waals surface area contributed by atoms with Gasteiger partial charge in [-0.2, -0.15) is 0 Å². The van der Waals surface area contributed by atoms with Gasteiger partial charge in [0.1, 0.15) is 10.5 Å². The monoisotopic (exact) mass is 311 g/mol.